The van der Waals surface area contributed by atoms with E-state index in [4.69, 9.17) is 16.7 Å². The molecule has 0 amide bonds. The first-order valence-corrected chi connectivity index (χ1v) is 6.75. The van der Waals surface area contributed by atoms with Gasteiger partial charge in [-0.25, -0.2) is 9.78 Å². The molecule has 2 aromatic heterocycles. The van der Waals surface area contributed by atoms with Gasteiger partial charge in [-0.1, -0.05) is 11.6 Å². The number of hydrogen-bond donors (Lipinski definition) is 1. The second-order valence-corrected chi connectivity index (χ2v) is 5.68. The van der Waals surface area contributed by atoms with Gasteiger partial charge in [0.25, 0.3) is 0 Å². The zero-order valence-corrected chi connectivity index (χ0v) is 11.3. The van der Waals surface area contributed by atoms with Crippen LogP contribution in [0.3, 0.4) is 0 Å². The molecule has 0 unspecified atom stereocenters. The smallest absolute Gasteiger partial charge is 0.345 e. The molecule has 0 spiro atoms. The molecule has 6 heteroatoms. The van der Waals surface area contributed by atoms with Crippen LogP contribution in [0.15, 0.2) is 36.7 Å². The lowest BCUT2D eigenvalue weighted by Gasteiger charge is -2.02. The van der Waals surface area contributed by atoms with Gasteiger partial charge >= 0.3 is 5.97 Å². The number of rotatable bonds is 3. The monoisotopic (exact) mass is 292 g/mol. The molecule has 0 aliphatic heterocycles. The Kier molecular flexibility index (Phi) is 3.00. The summed E-state index contributed by atoms with van der Waals surface area (Å²) in [5.41, 5.74) is 1.82. The van der Waals surface area contributed by atoms with E-state index in [9.17, 15) is 4.79 Å². The molecular weight excluding hydrogens is 284 g/mol. The predicted octanol–water partition coefficient (Wildman–Crippen LogP) is 3.50. The fourth-order valence-corrected chi connectivity index (χ4v) is 2.91. The number of fused-ring (bicyclic) bond motifs is 1. The highest BCUT2D eigenvalue weighted by Gasteiger charge is 2.09. The van der Waals surface area contributed by atoms with Crippen LogP contribution in [0.4, 0.5) is 0 Å². The molecule has 0 saturated heterocycles. The summed E-state index contributed by atoms with van der Waals surface area (Å²) in [4.78, 5) is 16.5. The highest BCUT2D eigenvalue weighted by atomic mass is 35.5. The van der Waals surface area contributed by atoms with Crippen LogP contribution < -0.4 is 0 Å². The highest BCUT2D eigenvalue weighted by molar-refractivity contribution is 7.13. The minimum atomic E-state index is -0.894. The maximum atomic E-state index is 10.8. The standard InChI is InChI=1S/C13H9ClN2O2S/c14-8-1-3-10-11(5-8)16(7-15-10)6-9-2-4-12(19-9)13(17)18/h1-5,7H,6H2,(H,17,18). The van der Waals surface area contributed by atoms with Crippen molar-refractivity contribution in [1.82, 2.24) is 9.55 Å². The largest absolute Gasteiger partial charge is 0.477 e. The SMILES string of the molecule is O=C(O)c1ccc(Cn2cnc3ccc(Cl)cc32)s1. The van der Waals surface area contributed by atoms with Crippen molar-refractivity contribution in [3.05, 3.63) is 51.4 Å². The Morgan fingerprint density at radius 1 is 1.37 bits per heavy atom. The topological polar surface area (TPSA) is 55.1 Å². The van der Waals surface area contributed by atoms with Crippen molar-refractivity contribution in [2.75, 3.05) is 0 Å². The lowest BCUT2D eigenvalue weighted by molar-refractivity contribution is 0.0702. The fraction of sp³-hybridized carbons (Fsp3) is 0.0769. The first-order chi connectivity index (χ1) is 9.13. The summed E-state index contributed by atoms with van der Waals surface area (Å²) in [6, 6.07) is 8.97. The van der Waals surface area contributed by atoms with Gasteiger partial charge < -0.3 is 9.67 Å². The molecule has 1 aromatic carbocycles. The second-order valence-electron chi connectivity index (χ2n) is 4.08. The Labute approximate surface area is 117 Å². The Balaban J connectivity index is 1.96. The van der Waals surface area contributed by atoms with E-state index in [0.29, 0.717) is 16.4 Å². The number of carboxylic acids is 1. The molecule has 0 bridgehead atoms. The molecule has 0 atom stereocenters. The van der Waals surface area contributed by atoms with Gasteiger partial charge in [0, 0.05) is 9.90 Å². The third kappa shape index (κ3) is 2.34. The van der Waals surface area contributed by atoms with E-state index in [2.05, 4.69) is 4.98 Å². The van der Waals surface area contributed by atoms with Crippen molar-refractivity contribution in [3.8, 4) is 0 Å². The van der Waals surface area contributed by atoms with Crippen LogP contribution in [0.1, 0.15) is 14.5 Å². The molecule has 0 fully saturated rings. The summed E-state index contributed by atoms with van der Waals surface area (Å²) < 4.78 is 1.96. The molecule has 96 valence electrons. The maximum Gasteiger partial charge on any atom is 0.345 e. The van der Waals surface area contributed by atoms with Gasteiger partial charge in [-0.3, -0.25) is 0 Å². The number of aromatic carboxylic acids is 1. The summed E-state index contributed by atoms with van der Waals surface area (Å²) >= 11 is 7.25. The summed E-state index contributed by atoms with van der Waals surface area (Å²) in [5.74, 6) is -0.894. The van der Waals surface area contributed by atoms with Crippen LogP contribution in [0, 0.1) is 0 Å². The van der Waals surface area contributed by atoms with E-state index >= 15 is 0 Å². The predicted molar refractivity (Wildman–Crippen MR) is 75.1 cm³/mol. The van der Waals surface area contributed by atoms with E-state index in [1.165, 1.54) is 11.3 Å². The molecule has 0 saturated carbocycles. The highest BCUT2D eigenvalue weighted by Crippen LogP contribution is 2.22. The van der Waals surface area contributed by atoms with Gasteiger partial charge in [0.05, 0.1) is 23.9 Å². The van der Waals surface area contributed by atoms with E-state index in [1.807, 2.05) is 22.8 Å². The minimum absolute atomic E-state index is 0.345. The average Bonchev–Trinajstić information content (AvgIpc) is 2.98. The second kappa shape index (κ2) is 4.68. The van der Waals surface area contributed by atoms with Crippen LogP contribution in [0.5, 0.6) is 0 Å². The normalized spacial score (nSPS) is 11.0. The number of nitrogens with zero attached hydrogens (tertiary/aromatic N) is 2. The van der Waals surface area contributed by atoms with Crippen molar-refractivity contribution < 1.29 is 9.90 Å². The summed E-state index contributed by atoms with van der Waals surface area (Å²) in [6.07, 6.45) is 1.74. The van der Waals surface area contributed by atoms with Crippen LogP contribution in [0.2, 0.25) is 5.02 Å². The maximum absolute atomic E-state index is 10.8. The van der Waals surface area contributed by atoms with Crippen molar-refractivity contribution in [2.24, 2.45) is 0 Å². The summed E-state index contributed by atoms with van der Waals surface area (Å²) in [6.45, 7) is 0.592. The number of carboxylic acid groups (broad SMARTS) is 1. The van der Waals surface area contributed by atoms with Crippen LogP contribution in [-0.4, -0.2) is 20.6 Å². The average molecular weight is 293 g/mol. The molecule has 0 radical (unpaired) electrons. The summed E-state index contributed by atoms with van der Waals surface area (Å²) in [5, 5.41) is 9.57. The molecule has 1 N–H and O–H groups in total. The molecule has 0 aliphatic rings. The molecule has 3 aromatic rings. The van der Waals surface area contributed by atoms with E-state index in [1.54, 1.807) is 18.5 Å². The third-order valence-corrected chi connectivity index (χ3v) is 4.07. The quantitative estimate of drug-likeness (QED) is 0.804. The molecule has 0 aliphatic carbocycles. The van der Waals surface area contributed by atoms with Gasteiger partial charge in [0.15, 0.2) is 0 Å². The van der Waals surface area contributed by atoms with Crippen LogP contribution >= 0.6 is 22.9 Å². The zero-order chi connectivity index (χ0) is 13.4. The lowest BCUT2D eigenvalue weighted by Crippen LogP contribution is -1.95. The van der Waals surface area contributed by atoms with Gasteiger partial charge in [-0.05, 0) is 30.3 Å². The zero-order valence-electron chi connectivity index (χ0n) is 9.71. The fourth-order valence-electron chi connectivity index (χ4n) is 1.90. The first-order valence-electron chi connectivity index (χ1n) is 5.56. The van der Waals surface area contributed by atoms with Crippen molar-refractivity contribution in [2.45, 2.75) is 6.54 Å². The number of halogens is 1. The number of aromatic nitrogens is 2. The Hall–Kier alpha value is -1.85. The Bertz CT molecular complexity index is 763. The number of thiophene rings is 1. The first kappa shape index (κ1) is 12.2. The number of hydrogen-bond acceptors (Lipinski definition) is 3. The molecule has 3 rings (SSSR count). The van der Waals surface area contributed by atoms with Crippen molar-refractivity contribution >= 4 is 39.9 Å². The lowest BCUT2D eigenvalue weighted by atomic mass is 10.3. The van der Waals surface area contributed by atoms with Crippen molar-refractivity contribution in [1.29, 1.82) is 0 Å². The molecule has 4 nitrogen and oxygen atoms in total. The minimum Gasteiger partial charge on any atom is -0.477 e. The van der Waals surface area contributed by atoms with E-state index < -0.39 is 5.97 Å². The van der Waals surface area contributed by atoms with Gasteiger partial charge in [-0.15, -0.1) is 11.3 Å². The van der Waals surface area contributed by atoms with E-state index in [0.717, 1.165) is 15.9 Å². The number of benzene rings is 1. The number of carbonyl (C=O) groups is 1. The van der Waals surface area contributed by atoms with Gasteiger partial charge in [0.1, 0.15) is 4.88 Å². The molecule has 19 heavy (non-hydrogen) atoms. The third-order valence-electron chi connectivity index (χ3n) is 2.78. The van der Waals surface area contributed by atoms with Gasteiger partial charge in [-0.2, -0.15) is 0 Å². The van der Waals surface area contributed by atoms with E-state index in [-0.39, 0.29) is 0 Å². The number of imidazole rings is 1. The Morgan fingerprint density at radius 3 is 2.95 bits per heavy atom. The molecule has 2 heterocycles. The van der Waals surface area contributed by atoms with Crippen LogP contribution in [-0.2, 0) is 6.54 Å². The molecular formula is C13H9ClN2O2S. The summed E-state index contributed by atoms with van der Waals surface area (Å²) in [7, 11) is 0. The van der Waals surface area contributed by atoms with Crippen molar-refractivity contribution in [3.63, 3.8) is 0 Å². The Morgan fingerprint density at radius 2 is 2.21 bits per heavy atom. The van der Waals surface area contributed by atoms with Gasteiger partial charge in [0.2, 0.25) is 0 Å². The van der Waals surface area contributed by atoms with Crippen LogP contribution in [0.25, 0.3) is 11.0 Å².